The first-order valence-electron chi connectivity index (χ1n) is 28.3. The van der Waals surface area contributed by atoms with Gasteiger partial charge in [0.1, 0.15) is 34.5 Å². The number of H-pyrrole nitrogens is 3. The molecule has 12 heterocycles. The van der Waals surface area contributed by atoms with E-state index in [1.807, 2.05) is 37.8 Å². The van der Waals surface area contributed by atoms with Crippen molar-refractivity contribution < 1.29 is 48.5 Å². The van der Waals surface area contributed by atoms with Crippen LogP contribution >= 0.6 is 0 Å². The lowest BCUT2D eigenvalue weighted by molar-refractivity contribution is -0.138. The van der Waals surface area contributed by atoms with Crippen molar-refractivity contribution in [3.05, 3.63) is 108 Å². The summed E-state index contributed by atoms with van der Waals surface area (Å²) in [5.41, 5.74) is -0.0800. The summed E-state index contributed by atoms with van der Waals surface area (Å²) in [6, 6.07) is 18.3. The summed E-state index contributed by atoms with van der Waals surface area (Å²) >= 11 is 0. The Morgan fingerprint density at radius 1 is 0.605 bits per heavy atom. The van der Waals surface area contributed by atoms with Crippen LogP contribution in [0.1, 0.15) is 55.4 Å². The highest BCUT2D eigenvalue weighted by Gasteiger charge is 2.41. The number of nitrogens with zero attached hydrogens (tertiary/aromatic N) is 12. The summed E-state index contributed by atoms with van der Waals surface area (Å²) in [6.45, 7) is 9.65. The van der Waals surface area contributed by atoms with Crippen LogP contribution in [0.2, 0.25) is 0 Å². The molecule has 4 aliphatic rings. The maximum absolute atomic E-state index is 14.5. The Balaban J connectivity index is 0.000000171. The zero-order valence-corrected chi connectivity index (χ0v) is 47.3. The SMILES string of the molecule is CC(C)C[C@H]1CN(c2ccc(C(F)(F)F)c(-c3[nH]nc4ncccc34)n2)CC(F)(F)CN1.COC(C)C1CN(c2ccc(C(F)(F)F)c(-c3[nH]nc4ncccc34)n2)CCN1.Fc1ccc(N2CCNC(C3CC3)C2)nc1-c1[nH]nc2ncccc12.[HH].[HH].[HH]. The number of anilines is 3. The van der Waals surface area contributed by atoms with Gasteiger partial charge < -0.3 is 35.4 Å². The third-order valence-corrected chi connectivity index (χ3v) is 15.7. The molecular weight excluding hydrogens is 1140 g/mol. The summed E-state index contributed by atoms with van der Waals surface area (Å²) < 4.78 is 131. The maximum Gasteiger partial charge on any atom is 0.418 e. The second-order valence-electron chi connectivity index (χ2n) is 22.3. The van der Waals surface area contributed by atoms with Crippen LogP contribution in [0.5, 0.6) is 0 Å². The van der Waals surface area contributed by atoms with E-state index in [1.54, 1.807) is 49.8 Å². The Morgan fingerprint density at radius 3 is 1.58 bits per heavy atom. The van der Waals surface area contributed by atoms with Crippen molar-refractivity contribution in [2.24, 2.45) is 11.8 Å². The molecule has 3 unspecified atom stereocenters. The Morgan fingerprint density at radius 2 is 1.08 bits per heavy atom. The number of pyridine rings is 6. The van der Waals surface area contributed by atoms with Crippen LogP contribution in [0.25, 0.3) is 67.3 Å². The second-order valence-corrected chi connectivity index (χ2v) is 22.3. The van der Waals surface area contributed by atoms with Crippen LogP contribution in [-0.4, -0.2) is 157 Å². The highest BCUT2D eigenvalue weighted by Crippen LogP contribution is 2.41. The summed E-state index contributed by atoms with van der Waals surface area (Å²) in [5.74, 6) is -1.01. The van der Waals surface area contributed by atoms with E-state index in [1.165, 1.54) is 36.1 Å². The highest BCUT2D eigenvalue weighted by atomic mass is 19.4. The third-order valence-electron chi connectivity index (χ3n) is 15.7. The zero-order valence-electron chi connectivity index (χ0n) is 47.3. The first kappa shape index (κ1) is 59.6. The number of halogens is 9. The monoisotopic (exact) mass is 1200 g/mol. The number of methoxy groups -OCH3 is 1. The molecule has 4 atom stereocenters. The van der Waals surface area contributed by atoms with Gasteiger partial charge in [-0.1, -0.05) is 13.8 Å². The van der Waals surface area contributed by atoms with E-state index in [9.17, 15) is 39.5 Å². The molecule has 9 aromatic heterocycles. The molecule has 9 aromatic rings. The fourth-order valence-electron chi connectivity index (χ4n) is 11.2. The Labute approximate surface area is 491 Å². The van der Waals surface area contributed by atoms with Crippen LogP contribution in [0, 0.1) is 17.7 Å². The number of ether oxygens (including phenoxy) is 1. The first-order chi connectivity index (χ1) is 41.2. The van der Waals surface area contributed by atoms with Crippen molar-refractivity contribution >= 4 is 50.6 Å². The molecule has 3 saturated heterocycles. The fraction of sp³-hybridized carbons (Fsp3) is 0.431. The predicted molar refractivity (Wildman–Crippen MR) is 313 cm³/mol. The Bertz CT molecular complexity index is 3810. The van der Waals surface area contributed by atoms with Gasteiger partial charge in [0, 0.05) is 104 Å². The van der Waals surface area contributed by atoms with E-state index in [0.717, 1.165) is 55.0 Å². The lowest BCUT2D eigenvalue weighted by Crippen LogP contribution is -2.55. The minimum absolute atomic E-state index is 0. The molecule has 28 heteroatoms. The molecular formula is C58H69F9N18O. The smallest absolute Gasteiger partial charge is 0.380 e. The van der Waals surface area contributed by atoms with Gasteiger partial charge >= 0.3 is 12.4 Å². The van der Waals surface area contributed by atoms with Crippen molar-refractivity contribution in [3.8, 4) is 34.2 Å². The lowest BCUT2D eigenvalue weighted by atomic mass is 10.0. The van der Waals surface area contributed by atoms with E-state index in [4.69, 9.17) is 4.74 Å². The molecule has 1 saturated carbocycles. The Kier molecular flexibility index (Phi) is 17.1. The Hall–Kier alpha value is -8.08. The molecule has 0 spiro atoms. The molecule has 13 rings (SSSR count). The second kappa shape index (κ2) is 24.7. The molecule has 0 radical (unpaired) electrons. The zero-order chi connectivity index (χ0) is 60.5. The standard InChI is InChI=1S/C21H23F5N6.C19H21F3N6O.C18H19FN6.3H2/c1-12(2)8-13-9-32(11-20(22,23)10-28-13)16-6-5-15(21(24,25)26)18(29-16)17-14-4-3-7-27-19(14)31-30-17;1-11(29-2)14-10-28(9-8-23-14)15-6-5-13(19(20,21)22)17(25-15)16-12-4-3-7-24-18(12)27-26-16;19-13-5-6-15(25-9-8-20-14(10-25)11-3-4-11)22-17(13)16-12-2-1-7-21-18(12)24-23-16;;;/h3-7,12-13,28H,8-11H2,1-2H3,(H,27,30,31);3-7,11,14,23H,8-10H2,1-2H3,(H,24,26,27);1-2,5-7,11,14,20H,3-4,8-10H2,(H,21,23,24);3*1H/t13-;;;;;/m0...../s1. The number of aromatic nitrogens is 12. The molecule has 1 aliphatic carbocycles. The van der Waals surface area contributed by atoms with Gasteiger partial charge in [0.25, 0.3) is 5.92 Å². The molecule has 0 amide bonds. The molecule has 4 fully saturated rings. The van der Waals surface area contributed by atoms with Crippen LogP contribution in [-0.2, 0) is 17.1 Å². The summed E-state index contributed by atoms with van der Waals surface area (Å²) in [5, 5.41) is 31.8. The molecule has 86 heavy (non-hydrogen) atoms. The van der Waals surface area contributed by atoms with Crippen LogP contribution < -0.4 is 30.7 Å². The molecule has 0 aromatic carbocycles. The summed E-state index contributed by atoms with van der Waals surface area (Å²) in [4.78, 5) is 31.1. The van der Waals surface area contributed by atoms with Crippen molar-refractivity contribution in [3.63, 3.8) is 0 Å². The number of nitrogens with one attached hydrogen (secondary N) is 6. The number of hydrogen-bond acceptors (Lipinski definition) is 16. The van der Waals surface area contributed by atoms with E-state index >= 15 is 0 Å². The number of aromatic amines is 3. The maximum atomic E-state index is 14.5. The van der Waals surface area contributed by atoms with Gasteiger partial charge in [-0.05, 0) is 111 Å². The van der Waals surface area contributed by atoms with Gasteiger partial charge in [-0.2, -0.15) is 41.6 Å². The number of piperazine rings is 2. The van der Waals surface area contributed by atoms with E-state index in [2.05, 4.69) is 81.3 Å². The van der Waals surface area contributed by atoms with Gasteiger partial charge in [0.05, 0.1) is 53.4 Å². The van der Waals surface area contributed by atoms with Crippen LogP contribution in [0.3, 0.4) is 0 Å². The van der Waals surface area contributed by atoms with Gasteiger partial charge in [0.15, 0.2) is 22.8 Å². The predicted octanol–water partition coefficient (Wildman–Crippen LogP) is 10.4. The molecule has 6 N–H and O–H groups in total. The minimum Gasteiger partial charge on any atom is -0.380 e. The van der Waals surface area contributed by atoms with Crippen LogP contribution in [0.15, 0.2) is 91.4 Å². The largest absolute Gasteiger partial charge is 0.418 e. The topological polar surface area (TPSA) is 218 Å². The number of rotatable bonds is 11. The molecule has 460 valence electrons. The highest BCUT2D eigenvalue weighted by molar-refractivity contribution is 5.92. The lowest BCUT2D eigenvalue weighted by Gasteiger charge is -2.37. The van der Waals surface area contributed by atoms with Gasteiger partial charge in [-0.3, -0.25) is 15.3 Å². The van der Waals surface area contributed by atoms with Crippen molar-refractivity contribution in [1.82, 2.24) is 76.4 Å². The van der Waals surface area contributed by atoms with Crippen molar-refractivity contribution in [1.29, 1.82) is 0 Å². The number of fused-ring (bicyclic) bond motifs is 3. The van der Waals surface area contributed by atoms with Crippen molar-refractivity contribution in [2.45, 2.75) is 82.5 Å². The van der Waals surface area contributed by atoms with Crippen LogP contribution in [0.4, 0.5) is 57.0 Å². The van der Waals surface area contributed by atoms with Gasteiger partial charge in [-0.25, -0.2) is 43.1 Å². The van der Waals surface area contributed by atoms with Crippen molar-refractivity contribution in [2.75, 3.05) is 80.7 Å². The van der Waals surface area contributed by atoms with E-state index < -0.39 is 48.2 Å². The summed E-state index contributed by atoms with van der Waals surface area (Å²) in [7, 11) is 1.64. The summed E-state index contributed by atoms with van der Waals surface area (Å²) in [6.07, 6.45) is -1.32. The van der Waals surface area contributed by atoms with Gasteiger partial charge in [-0.15, -0.1) is 0 Å². The molecule has 3 aliphatic heterocycles. The first-order valence-corrected chi connectivity index (χ1v) is 28.3. The normalized spacial score (nSPS) is 19.7. The minimum atomic E-state index is -4.69. The molecule has 0 bridgehead atoms. The number of alkyl halides is 8. The average molecular weight is 1210 g/mol. The molecule has 19 nitrogen and oxygen atoms in total. The third kappa shape index (κ3) is 13.3. The van der Waals surface area contributed by atoms with Gasteiger partial charge in [0.2, 0.25) is 0 Å². The number of hydrogen-bond donors (Lipinski definition) is 6. The van der Waals surface area contributed by atoms with E-state index in [-0.39, 0.29) is 69.3 Å². The fourth-order valence-corrected chi connectivity index (χ4v) is 11.2. The average Bonchev–Trinajstić information content (AvgIpc) is 2.55. The quantitative estimate of drug-likeness (QED) is 0.0664. The van der Waals surface area contributed by atoms with E-state index in [0.29, 0.717) is 71.4 Å².